The van der Waals surface area contributed by atoms with Crippen LogP contribution in [0.15, 0.2) is 18.3 Å². The largest absolute Gasteiger partial charge is 0.474 e. The van der Waals surface area contributed by atoms with Crippen molar-refractivity contribution < 1.29 is 27.4 Å². The third kappa shape index (κ3) is 4.80. The molecule has 1 amide bonds. The molecule has 1 aliphatic heterocycles. The van der Waals surface area contributed by atoms with E-state index in [9.17, 15) is 18.0 Å². The third-order valence-corrected chi connectivity index (χ3v) is 4.90. The Morgan fingerprint density at radius 1 is 1.15 bits per heavy atom. The van der Waals surface area contributed by atoms with Crippen LogP contribution >= 0.6 is 0 Å². The Labute approximate surface area is 150 Å². The zero-order chi connectivity index (χ0) is 18.6. The van der Waals surface area contributed by atoms with E-state index in [1.54, 1.807) is 4.90 Å². The number of aromatic nitrogens is 1. The van der Waals surface area contributed by atoms with Crippen molar-refractivity contribution in [3.8, 4) is 5.88 Å². The Bertz CT molecular complexity index is 599. The predicted molar refractivity (Wildman–Crippen MR) is 87.8 cm³/mol. The monoisotopic (exact) mass is 372 g/mol. The first kappa shape index (κ1) is 18.8. The summed E-state index contributed by atoms with van der Waals surface area (Å²) in [5, 5.41) is 0. The maximum absolute atomic E-state index is 12.5. The summed E-state index contributed by atoms with van der Waals surface area (Å²) in [4.78, 5) is 17.6. The Morgan fingerprint density at radius 2 is 1.85 bits per heavy atom. The maximum Gasteiger partial charge on any atom is 0.417 e. The lowest BCUT2D eigenvalue weighted by atomic mass is 9.96. The quantitative estimate of drug-likeness (QED) is 0.785. The van der Waals surface area contributed by atoms with E-state index in [2.05, 4.69) is 4.98 Å². The van der Waals surface area contributed by atoms with Crippen LogP contribution in [-0.4, -0.2) is 41.3 Å². The second kappa shape index (κ2) is 8.14. The fourth-order valence-corrected chi connectivity index (χ4v) is 3.48. The van der Waals surface area contributed by atoms with E-state index >= 15 is 0 Å². The summed E-state index contributed by atoms with van der Waals surface area (Å²) in [5.74, 6) is 0.0819. The molecule has 1 aromatic rings. The van der Waals surface area contributed by atoms with Crippen LogP contribution in [0.5, 0.6) is 5.88 Å². The second-order valence-electron chi connectivity index (χ2n) is 6.85. The number of cyclic esters (lactones) is 1. The Morgan fingerprint density at radius 3 is 2.46 bits per heavy atom. The van der Waals surface area contributed by atoms with Crippen LogP contribution < -0.4 is 4.74 Å². The van der Waals surface area contributed by atoms with Gasteiger partial charge in [0.05, 0.1) is 12.1 Å². The van der Waals surface area contributed by atoms with Crippen molar-refractivity contribution in [2.24, 2.45) is 0 Å². The Kier molecular flexibility index (Phi) is 5.88. The van der Waals surface area contributed by atoms with Crippen LogP contribution in [0.2, 0.25) is 0 Å². The number of nitrogens with zero attached hydrogens (tertiary/aromatic N) is 2. The van der Waals surface area contributed by atoms with Crippen molar-refractivity contribution in [2.75, 3.05) is 13.2 Å². The number of ether oxygens (including phenoxy) is 2. The Hall–Kier alpha value is -1.99. The lowest BCUT2D eigenvalue weighted by Gasteiger charge is -2.27. The van der Waals surface area contributed by atoms with Crippen LogP contribution in [0.4, 0.5) is 18.0 Å². The fraction of sp³-hybridized carbons (Fsp3) is 0.667. The van der Waals surface area contributed by atoms with Crippen molar-refractivity contribution in [1.82, 2.24) is 9.88 Å². The van der Waals surface area contributed by atoms with Crippen LogP contribution in [-0.2, 0) is 10.9 Å². The number of hydrogen-bond donors (Lipinski definition) is 0. The standard InChI is InChI=1S/C18H23F3N2O3/c19-18(20,21)13-8-9-16(22-10-13)25-12-15-11-23(17(24)26-15)14-6-4-2-1-3-5-7-14/h8-10,14-15H,1-7,11-12H2/t15-/m0/s1. The molecule has 26 heavy (non-hydrogen) atoms. The molecule has 3 rings (SSSR count). The molecule has 1 aromatic heterocycles. The molecule has 144 valence electrons. The zero-order valence-corrected chi connectivity index (χ0v) is 14.5. The number of alkyl halides is 3. The van der Waals surface area contributed by atoms with Crippen molar-refractivity contribution in [1.29, 1.82) is 0 Å². The molecular weight excluding hydrogens is 349 g/mol. The van der Waals surface area contributed by atoms with E-state index in [-0.39, 0.29) is 24.6 Å². The first-order valence-electron chi connectivity index (χ1n) is 9.07. The number of hydrogen-bond acceptors (Lipinski definition) is 4. The van der Waals surface area contributed by atoms with E-state index in [1.165, 1.54) is 25.3 Å². The summed E-state index contributed by atoms with van der Waals surface area (Å²) in [6.07, 6.45) is 3.41. The lowest BCUT2D eigenvalue weighted by Crippen LogP contribution is -2.37. The minimum atomic E-state index is -4.43. The molecule has 0 N–H and O–H groups in total. The normalized spacial score (nSPS) is 22.7. The van der Waals surface area contributed by atoms with E-state index in [4.69, 9.17) is 9.47 Å². The molecular formula is C18H23F3N2O3. The summed E-state index contributed by atoms with van der Waals surface area (Å²) >= 11 is 0. The van der Waals surface area contributed by atoms with E-state index in [0.717, 1.165) is 37.9 Å². The van der Waals surface area contributed by atoms with Gasteiger partial charge in [0.25, 0.3) is 0 Å². The zero-order valence-electron chi connectivity index (χ0n) is 14.5. The number of halogens is 3. The number of pyridine rings is 1. The summed E-state index contributed by atoms with van der Waals surface area (Å²) < 4.78 is 48.3. The molecule has 2 heterocycles. The lowest BCUT2D eigenvalue weighted by molar-refractivity contribution is -0.137. The second-order valence-corrected chi connectivity index (χ2v) is 6.85. The van der Waals surface area contributed by atoms with Gasteiger partial charge in [-0.05, 0) is 18.9 Å². The first-order valence-corrected chi connectivity index (χ1v) is 9.07. The van der Waals surface area contributed by atoms with Crippen molar-refractivity contribution in [3.05, 3.63) is 23.9 Å². The average molecular weight is 372 g/mol. The van der Waals surface area contributed by atoms with Gasteiger partial charge in [-0.1, -0.05) is 32.1 Å². The van der Waals surface area contributed by atoms with Crippen LogP contribution in [0.3, 0.4) is 0 Å². The van der Waals surface area contributed by atoms with Crippen LogP contribution in [0, 0.1) is 0 Å². The van der Waals surface area contributed by atoms with Crippen LogP contribution in [0.1, 0.15) is 50.5 Å². The highest BCUT2D eigenvalue weighted by atomic mass is 19.4. The van der Waals surface area contributed by atoms with E-state index in [1.807, 2.05) is 0 Å². The summed E-state index contributed by atoms with van der Waals surface area (Å²) in [5.41, 5.74) is -0.826. The minimum Gasteiger partial charge on any atom is -0.474 e. The number of carbonyl (C=O) groups is 1. The number of amides is 1. The highest BCUT2D eigenvalue weighted by Gasteiger charge is 2.36. The topological polar surface area (TPSA) is 51.7 Å². The van der Waals surface area contributed by atoms with Gasteiger partial charge in [0.1, 0.15) is 6.61 Å². The molecule has 0 radical (unpaired) electrons. The maximum atomic E-state index is 12.5. The van der Waals surface area contributed by atoms with Gasteiger partial charge in [0, 0.05) is 18.3 Å². The minimum absolute atomic E-state index is 0.0767. The van der Waals surface area contributed by atoms with Crippen LogP contribution in [0.25, 0.3) is 0 Å². The van der Waals surface area contributed by atoms with E-state index in [0.29, 0.717) is 6.54 Å². The van der Waals surface area contributed by atoms with Gasteiger partial charge in [0.15, 0.2) is 6.10 Å². The van der Waals surface area contributed by atoms with Gasteiger partial charge in [0.2, 0.25) is 5.88 Å². The molecule has 5 nitrogen and oxygen atoms in total. The van der Waals surface area contributed by atoms with Gasteiger partial charge < -0.3 is 14.4 Å². The van der Waals surface area contributed by atoms with Gasteiger partial charge in [-0.15, -0.1) is 0 Å². The highest BCUT2D eigenvalue weighted by molar-refractivity contribution is 5.70. The number of carbonyl (C=O) groups excluding carboxylic acids is 1. The molecule has 2 aliphatic rings. The molecule has 1 saturated heterocycles. The molecule has 0 aromatic carbocycles. The average Bonchev–Trinajstić information content (AvgIpc) is 2.93. The van der Waals surface area contributed by atoms with Gasteiger partial charge in [-0.3, -0.25) is 0 Å². The summed E-state index contributed by atoms with van der Waals surface area (Å²) in [6, 6.07) is 2.30. The smallest absolute Gasteiger partial charge is 0.417 e. The van der Waals surface area contributed by atoms with Crippen molar-refractivity contribution >= 4 is 6.09 Å². The third-order valence-electron chi connectivity index (χ3n) is 4.90. The molecule has 0 bridgehead atoms. The molecule has 1 atom stereocenters. The molecule has 0 spiro atoms. The molecule has 2 fully saturated rings. The van der Waals surface area contributed by atoms with Gasteiger partial charge in [-0.2, -0.15) is 13.2 Å². The van der Waals surface area contributed by atoms with Gasteiger partial charge in [-0.25, -0.2) is 9.78 Å². The molecule has 1 aliphatic carbocycles. The predicted octanol–water partition coefficient (Wildman–Crippen LogP) is 4.41. The Balaban J connectivity index is 1.51. The molecule has 0 unspecified atom stereocenters. The number of rotatable bonds is 4. The van der Waals surface area contributed by atoms with E-state index < -0.39 is 17.8 Å². The van der Waals surface area contributed by atoms with Crippen molar-refractivity contribution in [2.45, 2.75) is 63.3 Å². The summed E-state index contributed by atoms with van der Waals surface area (Å²) in [6.45, 7) is 0.525. The molecule has 8 heteroatoms. The van der Waals surface area contributed by atoms with Crippen molar-refractivity contribution in [3.63, 3.8) is 0 Å². The highest BCUT2D eigenvalue weighted by Crippen LogP contribution is 2.29. The van der Waals surface area contributed by atoms with Gasteiger partial charge >= 0.3 is 12.3 Å². The molecule has 1 saturated carbocycles. The summed E-state index contributed by atoms with van der Waals surface area (Å²) in [7, 11) is 0. The first-order chi connectivity index (χ1) is 12.4. The fourth-order valence-electron chi connectivity index (χ4n) is 3.48. The SMILES string of the molecule is O=C1O[C@H](COc2ccc(C(F)(F)F)cn2)CN1C1CCCCCCC1.